The Morgan fingerprint density at radius 2 is 1.92 bits per heavy atom. The molecule has 2 aromatic rings. The van der Waals surface area contributed by atoms with Crippen LogP contribution in [0.25, 0.3) is 0 Å². The van der Waals surface area contributed by atoms with Gasteiger partial charge in [0.1, 0.15) is 5.69 Å². The molecule has 24 heavy (non-hydrogen) atoms. The third-order valence-corrected chi connectivity index (χ3v) is 4.16. The minimum atomic E-state index is -0.726. The number of halogens is 2. The first-order valence-corrected chi connectivity index (χ1v) is 7.68. The normalized spacial score (nSPS) is 17.0. The summed E-state index contributed by atoms with van der Waals surface area (Å²) in [5.74, 6) is -0.730. The van der Waals surface area contributed by atoms with E-state index in [0.29, 0.717) is 12.2 Å². The number of rotatable bonds is 3. The lowest BCUT2D eigenvalue weighted by Gasteiger charge is -2.27. The van der Waals surface area contributed by atoms with Gasteiger partial charge >= 0.3 is 0 Å². The Hall–Kier alpha value is -2.75. The summed E-state index contributed by atoms with van der Waals surface area (Å²) in [6, 6.07) is 7.33. The molecule has 0 amide bonds. The molecule has 1 fully saturated rings. The minimum absolute atomic E-state index is 0.0281. The Bertz CT molecular complexity index is 760. The molecule has 0 N–H and O–H groups in total. The van der Waals surface area contributed by atoms with Crippen LogP contribution in [-0.4, -0.2) is 30.8 Å². The van der Waals surface area contributed by atoms with Crippen LogP contribution in [0.3, 0.4) is 0 Å². The summed E-state index contributed by atoms with van der Waals surface area (Å²) >= 11 is 0. The standard InChI is InChI=1S/C17H17F2N5/c1-23(2)16-6-5-14(21-22-16)15-4-3-7-24(15)17-12(18)8-11(10-20)9-13(17)19/h5-6,8-9,15H,3-4,7H2,1-2H3. The highest BCUT2D eigenvalue weighted by Crippen LogP contribution is 2.38. The molecule has 3 rings (SSSR count). The Balaban J connectivity index is 1.95. The molecule has 1 aromatic heterocycles. The van der Waals surface area contributed by atoms with Crippen molar-refractivity contribution in [2.75, 3.05) is 30.4 Å². The second-order valence-corrected chi connectivity index (χ2v) is 5.96. The third kappa shape index (κ3) is 2.87. The maximum absolute atomic E-state index is 14.3. The van der Waals surface area contributed by atoms with Crippen molar-refractivity contribution in [3.63, 3.8) is 0 Å². The van der Waals surface area contributed by atoms with Crippen LogP contribution in [-0.2, 0) is 0 Å². The van der Waals surface area contributed by atoms with Crippen molar-refractivity contribution in [3.05, 3.63) is 47.2 Å². The van der Waals surface area contributed by atoms with E-state index in [4.69, 9.17) is 5.26 Å². The molecular weight excluding hydrogens is 312 g/mol. The van der Waals surface area contributed by atoms with Gasteiger partial charge in [0.2, 0.25) is 0 Å². The van der Waals surface area contributed by atoms with E-state index in [1.165, 1.54) is 0 Å². The highest BCUT2D eigenvalue weighted by Gasteiger charge is 2.31. The van der Waals surface area contributed by atoms with Gasteiger partial charge in [-0.25, -0.2) is 8.78 Å². The predicted octanol–water partition coefficient (Wildman–Crippen LogP) is 3.03. The molecule has 0 radical (unpaired) electrons. The summed E-state index contributed by atoms with van der Waals surface area (Å²) < 4.78 is 28.7. The predicted molar refractivity (Wildman–Crippen MR) is 86.8 cm³/mol. The van der Waals surface area contributed by atoms with Crippen LogP contribution < -0.4 is 9.80 Å². The monoisotopic (exact) mass is 329 g/mol. The lowest BCUT2D eigenvalue weighted by molar-refractivity contribution is 0.561. The molecule has 124 valence electrons. The third-order valence-electron chi connectivity index (χ3n) is 4.16. The molecule has 1 aliphatic heterocycles. The lowest BCUT2D eigenvalue weighted by Crippen LogP contribution is -2.26. The van der Waals surface area contributed by atoms with Gasteiger partial charge in [-0.15, -0.1) is 5.10 Å². The van der Waals surface area contributed by atoms with E-state index in [-0.39, 0.29) is 17.3 Å². The number of hydrogen-bond acceptors (Lipinski definition) is 5. The maximum Gasteiger partial charge on any atom is 0.150 e. The molecule has 0 spiro atoms. The van der Waals surface area contributed by atoms with E-state index < -0.39 is 11.6 Å². The van der Waals surface area contributed by atoms with E-state index >= 15 is 0 Å². The number of anilines is 2. The molecule has 1 atom stereocenters. The van der Waals surface area contributed by atoms with Gasteiger partial charge in [-0.3, -0.25) is 0 Å². The van der Waals surface area contributed by atoms with Crippen molar-refractivity contribution in [1.29, 1.82) is 5.26 Å². The first-order chi connectivity index (χ1) is 11.5. The summed E-state index contributed by atoms with van der Waals surface area (Å²) in [5.41, 5.74) is 0.552. The fourth-order valence-corrected chi connectivity index (χ4v) is 3.00. The first kappa shape index (κ1) is 16.1. The molecule has 0 bridgehead atoms. The quantitative estimate of drug-likeness (QED) is 0.866. The number of nitriles is 1. The van der Waals surface area contributed by atoms with Crippen molar-refractivity contribution in [2.24, 2.45) is 0 Å². The van der Waals surface area contributed by atoms with Gasteiger partial charge in [0.05, 0.1) is 23.4 Å². The van der Waals surface area contributed by atoms with Crippen LogP contribution in [0.5, 0.6) is 0 Å². The van der Waals surface area contributed by atoms with Crippen LogP contribution in [0.2, 0.25) is 0 Å². The molecule has 1 aromatic carbocycles. The highest BCUT2D eigenvalue weighted by atomic mass is 19.1. The van der Waals surface area contributed by atoms with E-state index in [9.17, 15) is 8.78 Å². The van der Waals surface area contributed by atoms with Crippen molar-refractivity contribution >= 4 is 11.5 Å². The van der Waals surface area contributed by atoms with Gasteiger partial charge < -0.3 is 9.80 Å². The molecule has 0 aliphatic carbocycles. The Labute approximate surface area is 139 Å². The van der Waals surface area contributed by atoms with Crippen LogP contribution in [0, 0.1) is 23.0 Å². The molecule has 1 unspecified atom stereocenters. The summed E-state index contributed by atoms with van der Waals surface area (Å²) in [6.07, 6.45) is 1.55. The lowest BCUT2D eigenvalue weighted by atomic mass is 10.1. The van der Waals surface area contributed by atoms with Crippen molar-refractivity contribution in [3.8, 4) is 6.07 Å². The number of nitrogens with zero attached hydrogens (tertiary/aromatic N) is 5. The molecular formula is C17H17F2N5. The average molecular weight is 329 g/mol. The Morgan fingerprint density at radius 3 is 2.46 bits per heavy atom. The van der Waals surface area contributed by atoms with Crippen LogP contribution in [0.4, 0.5) is 20.3 Å². The zero-order valence-corrected chi connectivity index (χ0v) is 13.5. The molecule has 2 heterocycles. The van der Waals surface area contributed by atoms with Crippen LogP contribution >= 0.6 is 0 Å². The van der Waals surface area contributed by atoms with Gasteiger partial charge in [-0.2, -0.15) is 10.4 Å². The zero-order valence-electron chi connectivity index (χ0n) is 13.5. The molecule has 0 saturated carbocycles. The topological polar surface area (TPSA) is 56.0 Å². The largest absolute Gasteiger partial charge is 0.361 e. The first-order valence-electron chi connectivity index (χ1n) is 7.68. The fraction of sp³-hybridized carbons (Fsp3) is 0.353. The molecule has 5 nitrogen and oxygen atoms in total. The highest BCUT2D eigenvalue weighted by molar-refractivity contribution is 5.55. The Kier molecular flexibility index (Phi) is 4.30. The second-order valence-electron chi connectivity index (χ2n) is 5.96. The van der Waals surface area contributed by atoms with Crippen molar-refractivity contribution in [1.82, 2.24) is 10.2 Å². The van der Waals surface area contributed by atoms with Crippen molar-refractivity contribution < 1.29 is 8.78 Å². The second kappa shape index (κ2) is 6.40. The zero-order chi connectivity index (χ0) is 17.3. The van der Waals surface area contributed by atoms with Gasteiger partial charge in [0, 0.05) is 20.6 Å². The molecule has 1 aliphatic rings. The molecule has 1 saturated heterocycles. The van der Waals surface area contributed by atoms with E-state index in [1.54, 1.807) is 11.0 Å². The van der Waals surface area contributed by atoms with E-state index in [0.717, 1.165) is 30.8 Å². The fourth-order valence-electron chi connectivity index (χ4n) is 3.00. The van der Waals surface area contributed by atoms with Crippen molar-refractivity contribution in [2.45, 2.75) is 18.9 Å². The van der Waals surface area contributed by atoms with Crippen LogP contribution in [0.1, 0.15) is 30.1 Å². The molecule has 7 heteroatoms. The van der Waals surface area contributed by atoms with Gasteiger partial charge in [-0.05, 0) is 37.1 Å². The van der Waals surface area contributed by atoms with Crippen LogP contribution in [0.15, 0.2) is 24.3 Å². The number of aromatic nitrogens is 2. The summed E-state index contributed by atoms with van der Waals surface area (Å²) in [5, 5.41) is 17.2. The summed E-state index contributed by atoms with van der Waals surface area (Å²) in [7, 11) is 3.74. The van der Waals surface area contributed by atoms with Gasteiger partial charge in [0.15, 0.2) is 17.5 Å². The SMILES string of the molecule is CN(C)c1ccc(C2CCCN2c2c(F)cc(C#N)cc2F)nn1. The number of hydrogen-bond donors (Lipinski definition) is 0. The number of benzene rings is 1. The summed E-state index contributed by atoms with van der Waals surface area (Å²) in [6.45, 7) is 0.529. The minimum Gasteiger partial charge on any atom is -0.361 e. The van der Waals surface area contributed by atoms with E-state index in [1.807, 2.05) is 31.1 Å². The Morgan fingerprint density at radius 1 is 1.21 bits per heavy atom. The average Bonchev–Trinajstić information content (AvgIpc) is 3.03. The van der Waals surface area contributed by atoms with Gasteiger partial charge in [-0.1, -0.05) is 0 Å². The maximum atomic E-state index is 14.3. The summed E-state index contributed by atoms with van der Waals surface area (Å²) in [4.78, 5) is 3.51. The smallest absolute Gasteiger partial charge is 0.150 e. The van der Waals surface area contributed by atoms with E-state index in [2.05, 4.69) is 10.2 Å². The van der Waals surface area contributed by atoms with Gasteiger partial charge in [0.25, 0.3) is 0 Å².